The molecule has 0 bridgehead atoms. The van der Waals surface area contributed by atoms with Crippen molar-refractivity contribution in [1.82, 2.24) is 10.6 Å². The fourth-order valence-corrected chi connectivity index (χ4v) is 3.41. The van der Waals surface area contributed by atoms with Crippen LogP contribution in [-0.4, -0.2) is 74.8 Å². The molecule has 0 spiro atoms. The number of carboxylic acids is 1. The quantitative estimate of drug-likeness (QED) is 0.0891. The molecule has 1 rings (SSSR count). The van der Waals surface area contributed by atoms with Crippen LogP contribution in [0.25, 0.3) is 0 Å². The molecule has 2 amide bonds. The molecule has 12 nitrogen and oxygen atoms in total. The highest BCUT2D eigenvalue weighted by atomic mass is 32.2. The predicted octanol–water partition coefficient (Wildman–Crippen LogP) is -1.86. The smallest absolute Gasteiger partial charge is 0.326 e. The van der Waals surface area contributed by atoms with E-state index in [0.29, 0.717) is 12.0 Å². The van der Waals surface area contributed by atoms with Crippen molar-refractivity contribution in [3.63, 3.8) is 0 Å². The third-order valence-electron chi connectivity index (χ3n) is 4.62. The number of nitrogens with two attached hydrogens (primary N) is 3. The summed E-state index contributed by atoms with van der Waals surface area (Å²) in [5, 5.41) is 23.7. The summed E-state index contributed by atoms with van der Waals surface area (Å²) in [7, 11) is -1.24. The lowest BCUT2D eigenvalue weighted by Crippen LogP contribution is -2.55. The molecule has 1 aromatic rings. The van der Waals surface area contributed by atoms with Crippen LogP contribution in [0.15, 0.2) is 29.3 Å². The first kappa shape index (κ1) is 27.8. The van der Waals surface area contributed by atoms with E-state index >= 15 is 0 Å². The molecule has 1 aromatic carbocycles. The molecule has 184 valence electrons. The molecule has 0 aliphatic carbocycles. The van der Waals surface area contributed by atoms with Gasteiger partial charge in [-0.1, -0.05) is 12.1 Å². The number of hydrogen-bond donors (Lipinski definition) is 7. The average Bonchev–Trinajstić information content (AvgIpc) is 2.73. The predicted molar refractivity (Wildman–Crippen MR) is 125 cm³/mol. The van der Waals surface area contributed by atoms with Crippen molar-refractivity contribution >= 4 is 34.5 Å². The number of aromatic hydroxyl groups is 1. The third-order valence-corrected chi connectivity index (χ3v) is 5.43. The highest BCUT2D eigenvalue weighted by Gasteiger charge is 2.28. The zero-order valence-corrected chi connectivity index (χ0v) is 19.2. The van der Waals surface area contributed by atoms with Crippen LogP contribution in [0, 0.1) is 0 Å². The maximum absolute atomic E-state index is 12.7. The molecule has 4 unspecified atom stereocenters. The third kappa shape index (κ3) is 11.3. The SMILES string of the molecule is CS(=O)CCC(NC(=O)C(N)Cc1ccc(O)cc1)C(=O)NC(CCCN=C(N)N)C(=O)O. The van der Waals surface area contributed by atoms with Crippen molar-refractivity contribution in [2.24, 2.45) is 22.2 Å². The number of hydrogen-bond acceptors (Lipinski definition) is 7. The second-order valence-electron chi connectivity index (χ2n) is 7.45. The molecule has 0 aliphatic rings. The Kier molecular flexibility index (Phi) is 11.9. The molecule has 0 aromatic heterocycles. The molecule has 13 heteroatoms. The molecular weight excluding hydrogens is 452 g/mol. The minimum absolute atomic E-state index is 0.0347. The van der Waals surface area contributed by atoms with E-state index in [1.165, 1.54) is 18.4 Å². The molecule has 0 heterocycles. The lowest BCUT2D eigenvalue weighted by molar-refractivity contribution is -0.142. The standard InChI is InChI=1S/C20H32N6O6S/c1-33(32)10-8-15(18(29)26-16(19(30)31)3-2-9-24-20(22)23)25-17(28)14(21)11-12-4-6-13(27)7-5-12/h4-7,14-16,27H,2-3,8-11,21H2,1H3,(H,25,28)(H,26,29)(H,30,31)(H4,22,23,24). The minimum atomic E-state index is -1.25. The molecule has 4 atom stereocenters. The first-order chi connectivity index (χ1) is 15.5. The zero-order chi connectivity index (χ0) is 25.0. The van der Waals surface area contributed by atoms with Gasteiger partial charge in [-0.3, -0.25) is 18.8 Å². The summed E-state index contributed by atoms with van der Waals surface area (Å²) >= 11 is 0. The van der Waals surface area contributed by atoms with Crippen LogP contribution < -0.4 is 27.8 Å². The van der Waals surface area contributed by atoms with Gasteiger partial charge < -0.3 is 38.0 Å². The number of nitrogens with zero attached hydrogens (tertiary/aromatic N) is 1. The van der Waals surface area contributed by atoms with Crippen LogP contribution in [-0.2, 0) is 31.6 Å². The Morgan fingerprint density at radius 3 is 2.21 bits per heavy atom. The van der Waals surface area contributed by atoms with Gasteiger partial charge in [-0.2, -0.15) is 0 Å². The minimum Gasteiger partial charge on any atom is -0.508 e. The lowest BCUT2D eigenvalue weighted by atomic mass is 10.0. The Balaban J connectivity index is 2.79. The number of carbonyl (C=O) groups is 3. The van der Waals surface area contributed by atoms with E-state index in [1.54, 1.807) is 12.1 Å². The monoisotopic (exact) mass is 484 g/mol. The van der Waals surface area contributed by atoms with Crippen molar-refractivity contribution in [3.05, 3.63) is 29.8 Å². The van der Waals surface area contributed by atoms with Gasteiger partial charge in [0.05, 0.1) is 6.04 Å². The number of nitrogens with one attached hydrogen (secondary N) is 2. The highest BCUT2D eigenvalue weighted by molar-refractivity contribution is 7.84. The normalized spacial score (nSPS) is 14.4. The molecule has 0 saturated heterocycles. The molecule has 0 fully saturated rings. The van der Waals surface area contributed by atoms with Crippen LogP contribution in [0.5, 0.6) is 5.75 Å². The highest BCUT2D eigenvalue weighted by Crippen LogP contribution is 2.11. The Hall–Kier alpha value is -3.19. The summed E-state index contributed by atoms with van der Waals surface area (Å²) in [6.07, 6.45) is 2.02. The number of phenols is 1. The molecule has 33 heavy (non-hydrogen) atoms. The van der Waals surface area contributed by atoms with Gasteiger partial charge in [0.1, 0.15) is 17.8 Å². The van der Waals surface area contributed by atoms with E-state index in [1.807, 2.05) is 0 Å². The second-order valence-corrected chi connectivity index (χ2v) is 9.01. The van der Waals surface area contributed by atoms with Gasteiger partial charge in [0.2, 0.25) is 11.8 Å². The van der Waals surface area contributed by atoms with E-state index in [-0.39, 0.29) is 43.3 Å². The van der Waals surface area contributed by atoms with Gasteiger partial charge in [0.25, 0.3) is 0 Å². The lowest BCUT2D eigenvalue weighted by Gasteiger charge is -2.23. The summed E-state index contributed by atoms with van der Waals surface area (Å²) in [6.45, 7) is 0.197. The largest absolute Gasteiger partial charge is 0.508 e. The maximum atomic E-state index is 12.7. The molecular formula is C20H32N6O6S. The Labute approximate surface area is 194 Å². The Bertz CT molecular complexity index is 859. The van der Waals surface area contributed by atoms with E-state index in [2.05, 4.69) is 15.6 Å². The molecule has 0 radical (unpaired) electrons. The average molecular weight is 485 g/mol. The van der Waals surface area contributed by atoms with Crippen molar-refractivity contribution in [2.75, 3.05) is 18.6 Å². The summed E-state index contributed by atoms with van der Waals surface area (Å²) < 4.78 is 11.5. The van der Waals surface area contributed by atoms with Gasteiger partial charge in [-0.05, 0) is 43.4 Å². The van der Waals surface area contributed by atoms with Crippen molar-refractivity contribution in [1.29, 1.82) is 0 Å². The zero-order valence-electron chi connectivity index (χ0n) is 18.4. The van der Waals surface area contributed by atoms with E-state index in [4.69, 9.17) is 17.2 Å². The summed E-state index contributed by atoms with van der Waals surface area (Å²) in [4.78, 5) is 40.6. The van der Waals surface area contributed by atoms with Crippen LogP contribution in [0.2, 0.25) is 0 Å². The van der Waals surface area contributed by atoms with Gasteiger partial charge in [0.15, 0.2) is 5.96 Å². The van der Waals surface area contributed by atoms with Gasteiger partial charge in [0, 0.05) is 29.4 Å². The van der Waals surface area contributed by atoms with Crippen LogP contribution in [0.4, 0.5) is 0 Å². The van der Waals surface area contributed by atoms with Crippen LogP contribution in [0.3, 0.4) is 0 Å². The van der Waals surface area contributed by atoms with Gasteiger partial charge in [-0.25, -0.2) is 4.79 Å². The molecule has 0 aliphatic heterocycles. The van der Waals surface area contributed by atoms with Crippen LogP contribution in [0.1, 0.15) is 24.8 Å². The topological polar surface area (TPSA) is 223 Å². The Morgan fingerprint density at radius 1 is 1.06 bits per heavy atom. The number of carboxylic acid groups (broad SMARTS) is 1. The fraction of sp³-hybridized carbons (Fsp3) is 0.500. The van der Waals surface area contributed by atoms with E-state index < -0.39 is 46.7 Å². The summed E-state index contributed by atoms with van der Waals surface area (Å²) in [6, 6.07) is 2.83. The number of guanidine groups is 1. The number of rotatable bonds is 14. The first-order valence-corrected chi connectivity index (χ1v) is 11.9. The number of phenolic OH excluding ortho intramolecular Hbond substituents is 1. The van der Waals surface area contributed by atoms with Crippen molar-refractivity contribution in [2.45, 2.75) is 43.8 Å². The second kappa shape index (κ2) is 14.1. The maximum Gasteiger partial charge on any atom is 0.326 e. The Morgan fingerprint density at radius 2 is 1.67 bits per heavy atom. The number of aliphatic imine (C=N–C) groups is 1. The van der Waals surface area contributed by atoms with Crippen molar-refractivity contribution < 1.29 is 28.8 Å². The van der Waals surface area contributed by atoms with E-state index in [0.717, 1.165) is 0 Å². The van der Waals surface area contributed by atoms with E-state index in [9.17, 15) is 28.8 Å². The number of benzene rings is 1. The van der Waals surface area contributed by atoms with Gasteiger partial charge >= 0.3 is 5.97 Å². The number of aliphatic carboxylic acids is 1. The number of amides is 2. The molecule has 0 saturated carbocycles. The van der Waals surface area contributed by atoms with Crippen LogP contribution >= 0.6 is 0 Å². The first-order valence-electron chi connectivity index (χ1n) is 10.2. The fourth-order valence-electron chi connectivity index (χ4n) is 2.84. The summed E-state index contributed by atoms with van der Waals surface area (Å²) in [5.41, 5.74) is 17.1. The summed E-state index contributed by atoms with van der Waals surface area (Å²) in [5.74, 6) is -2.52. The number of carbonyl (C=O) groups excluding carboxylic acids is 2. The van der Waals surface area contributed by atoms with Gasteiger partial charge in [-0.15, -0.1) is 0 Å². The molecule has 10 N–H and O–H groups in total. The van der Waals surface area contributed by atoms with Crippen molar-refractivity contribution in [3.8, 4) is 5.75 Å².